The predicted molar refractivity (Wildman–Crippen MR) is 97.3 cm³/mol. The van der Waals surface area contributed by atoms with Crippen molar-refractivity contribution in [3.63, 3.8) is 0 Å². The van der Waals surface area contributed by atoms with Gasteiger partial charge >= 0.3 is 0 Å². The molecule has 4 atom stereocenters. The molecule has 24 heavy (non-hydrogen) atoms. The molecule has 0 spiro atoms. The number of carbonyl (C=O) groups excluding carboxylic acids is 1. The molecule has 4 rings (SSSR count). The molecule has 2 fully saturated rings. The topological polar surface area (TPSA) is 54.0 Å². The summed E-state index contributed by atoms with van der Waals surface area (Å²) in [5.74, 6) is 1.48. The Balaban J connectivity index is 1.41. The van der Waals surface area contributed by atoms with E-state index in [9.17, 15) is 4.79 Å². The van der Waals surface area contributed by atoms with E-state index in [2.05, 4.69) is 21.7 Å². The number of aromatic nitrogens is 1. The number of nitrogens with zero attached hydrogens (tertiary/aromatic N) is 1. The van der Waals surface area contributed by atoms with Crippen LogP contribution in [-0.2, 0) is 4.79 Å². The molecule has 5 heteroatoms. The van der Waals surface area contributed by atoms with Crippen LogP contribution in [-0.4, -0.2) is 28.9 Å². The second kappa shape index (κ2) is 6.60. The zero-order chi connectivity index (χ0) is 16.5. The van der Waals surface area contributed by atoms with Crippen molar-refractivity contribution in [1.82, 2.24) is 10.3 Å². The number of carbonyl (C=O) groups is 1. The fraction of sp³-hybridized carbons (Fsp3) is 0.474. The summed E-state index contributed by atoms with van der Waals surface area (Å²) < 4.78 is 0. The number of rotatable bonds is 3. The van der Waals surface area contributed by atoms with Crippen LogP contribution in [0, 0.1) is 11.8 Å². The number of hydrogen-bond donors (Lipinski definition) is 2. The van der Waals surface area contributed by atoms with Crippen LogP contribution >= 0.6 is 11.6 Å². The lowest BCUT2D eigenvalue weighted by Crippen LogP contribution is -2.53. The Morgan fingerprint density at radius 3 is 2.92 bits per heavy atom. The Hall–Kier alpha value is -1.81. The number of halogens is 1. The van der Waals surface area contributed by atoms with Crippen LogP contribution in [0.5, 0.6) is 0 Å². The number of fused-ring (bicyclic) bond motifs is 2. The third-order valence-corrected chi connectivity index (χ3v) is 5.76. The molecule has 1 aromatic carbocycles. The van der Waals surface area contributed by atoms with E-state index in [4.69, 9.17) is 11.6 Å². The molecule has 2 aromatic rings. The summed E-state index contributed by atoms with van der Waals surface area (Å²) in [7, 11) is 0. The third kappa shape index (κ3) is 3.20. The van der Waals surface area contributed by atoms with E-state index < -0.39 is 0 Å². The van der Waals surface area contributed by atoms with Gasteiger partial charge in [0.25, 0.3) is 0 Å². The van der Waals surface area contributed by atoms with Gasteiger partial charge in [0.2, 0.25) is 5.91 Å². The van der Waals surface area contributed by atoms with Crippen molar-refractivity contribution in [1.29, 1.82) is 0 Å². The first-order chi connectivity index (χ1) is 11.7. The molecule has 1 amide bonds. The number of alkyl halides is 1. The van der Waals surface area contributed by atoms with Crippen LogP contribution in [0.3, 0.4) is 0 Å². The van der Waals surface area contributed by atoms with Crippen LogP contribution in [0.4, 0.5) is 5.82 Å². The van der Waals surface area contributed by atoms with Crippen molar-refractivity contribution in [2.45, 2.75) is 37.1 Å². The number of hydrogen-bond acceptors (Lipinski definition) is 3. The molecule has 0 bridgehead atoms. The summed E-state index contributed by atoms with van der Waals surface area (Å²) in [6.45, 7) is 0.618. The maximum Gasteiger partial charge on any atom is 0.225 e. The maximum atomic E-state index is 12.4. The Bertz CT molecular complexity index is 750. The second-order valence-corrected chi connectivity index (χ2v) is 7.63. The molecule has 1 aliphatic carbocycles. The van der Waals surface area contributed by atoms with Crippen molar-refractivity contribution in [2.75, 3.05) is 11.9 Å². The average Bonchev–Trinajstić information content (AvgIpc) is 2.60. The van der Waals surface area contributed by atoms with Gasteiger partial charge in [0, 0.05) is 29.5 Å². The summed E-state index contributed by atoms with van der Waals surface area (Å²) in [5, 5.41) is 9.07. The maximum absolute atomic E-state index is 12.4. The first kappa shape index (κ1) is 15.7. The zero-order valence-electron chi connectivity index (χ0n) is 13.5. The first-order valence-electron chi connectivity index (χ1n) is 8.72. The second-order valence-electron chi connectivity index (χ2n) is 7.02. The Labute approximate surface area is 147 Å². The van der Waals surface area contributed by atoms with Gasteiger partial charge in [-0.3, -0.25) is 4.79 Å². The third-order valence-electron chi connectivity index (χ3n) is 5.36. The van der Waals surface area contributed by atoms with Crippen LogP contribution in [0.25, 0.3) is 10.8 Å². The lowest BCUT2D eigenvalue weighted by atomic mass is 9.75. The predicted octanol–water partition coefficient (Wildman–Crippen LogP) is 3.56. The average molecular weight is 344 g/mol. The molecular weight excluding hydrogens is 322 g/mol. The molecule has 1 aromatic heterocycles. The van der Waals surface area contributed by atoms with E-state index in [1.54, 1.807) is 0 Å². The highest BCUT2D eigenvalue weighted by Crippen LogP contribution is 2.35. The van der Waals surface area contributed by atoms with Crippen LogP contribution in [0.1, 0.15) is 25.7 Å². The van der Waals surface area contributed by atoms with Gasteiger partial charge < -0.3 is 10.6 Å². The van der Waals surface area contributed by atoms with E-state index in [1.807, 2.05) is 30.5 Å². The minimum absolute atomic E-state index is 0.0125. The van der Waals surface area contributed by atoms with Gasteiger partial charge in [0.15, 0.2) is 0 Å². The monoisotopic (exact) mass is 343 g/mol. The molecule has 4 unspecified atom stereocenters. The van der Waals surface area contributed by atoms with E-state index in [0.29, 0.717) is 18.5 Å². The number of anilines is 1. The molecule has 2 aliphatic rings. The van der Waals surface area contributed by atoms with Gasteiger partial charge in [-0.15, -0.1) is 11.6 Å². The lowest BCUT2D eigenvalue weighted by Gasteiger charge is -2.41. The zero-order valence-corrected chi connectivity index (χ0v) is 14.3. The van der Waals surface area contributed by atoms with Gasteiger partial charge in [0.1, 0.15) is 5.82 Å². The van der Waals surface area contributed by atoms with Gasteiger partial charge in [-0.1, -0.05) is 24.3 Å². The number of amides is 1. The standard InChI is InChI=1S/C19H22ClN3O/c20-16-5-6-17-14(8-16)7-15(19(24)23-17)11-22-18-9-12-3-1-2-4-13(12)10-21-18/h1-4,9-10,14-17H,5-8,11H2,(H,21,22)(H,23,24). The largest absolute Gasteiger partial charge is 0.369 e. The summed E-state index contributed by atoms with van der Waals surface area (Å²) in [6, 6.07) is 10.5. The Morgan fingerprint density at radius 2 is 2.04 bits per heavy atom. The highest BCUT2D eigenvalue weighted by Gasteiger charge is 2.38. The molecule has 0 radical (unpaired) electrons. The molecule has 126 valence electrons. The molecule has 1 saturated carbocycles. The fourth-order valence-electron chi connectivity index (χ4n) is 4.01. The molecule has 2 heterocycles. The van der Waals surface area contributed by atoms with E-state index >= 15 is 0 Å². The van der Waals surface area contributed by atoms with E-state index in [-0.39, 0.29) is 17.2 Å². The highest BCUT2D eigenvalue weighted by molar-refractivity contribution is 6.20. The minimum Gasteiger partial charge on any atom is -0.369 e. The minimum atomic E-state index is -0.0125. The SMILES string of the molecule is O=C1NC2CCC(Cl)CC2CC1CNc1cc2ccccc2cn1. The van der Waals surface area contributed by atoms with E-state index in [0.717, 1.165) is 42.3 Å². The fourth-order valence-corrected chi connectivity index (χ4v) is 4.37. The summed E-state index contributed by atoms with van der Waals surface area (Å²) in [4.78, 5) is 16.8. The molecular formula is C19H22ClN3O. The van der Waals surface area contributed by atoms with Crippen molar-refractivity contribution in [3.05, 3.63) is 36.5 Å². The number of piperidine rings is 1. The van der Waals surface area contributed by atoms with E-state index in [1.165, 1.54) is 0 Å². The van der Waals surface area contributed by atoms with Crippen molar-refractivity contribution < 1.29 is 4.79 Å². The van der Waals surface area contributed by atoms with Crippen LogP contribution in [0.2, 0.25) is 0 Å². The van der Waals surface area contributed by atoms with Gasteiger partial charge in [-0.2, -0.15) is 0 Å². The van der Waals surface area contributed by atoms with Crippen LogP contribution in [0.15, 0.2) is 36.5 Å². The van der Waals surface area contributed by atoms with Crippen molar-refractivity contribution >= 4 is 34.1 Å². The van der Waals surface area contributed by atoms with Gasteiger partial charge in [0.05, 0.1) is 5.92 Å². The summed E-state index contributed by atoms with van der Waals surface area (Å²) in [6.07, 6.45) is 5.81. The summed E-state index contributed by atoms with van der Waals surface area (Å²) >= 11 is 6.31. The number of pyridine rings is 1. The van der Waals surface area contributed by atoms with Crippen LogP contribution < -0.4 is 10.6 Å². The first-order valence-corrected chi connectivity index (χ1v) is 9.16. The molecule has 2 N–H and O–H groups in total. The van der Waals surface area contributed by atoms with Gasteiger partial charge in [-0.25, -0.2) is 4.98 Å². The highest BCUT2D eigenvalue weighted by atomic mass is 35.5. The molecule has 1 saturated heterocycles. The van der Waals surface area contributed by atoms with Gasteiger partial charge in [-0.05, 0) is 43.1 Å². The molecule has 4 nitrogen and oxygen atoms in total. The summed E-state index contributed by atoms with van der Waals surface area (Å²) in [5.41, 5.74) is 0. The quantitative estimate of drug-likeness (QED) is 0.838. The normalized spacial score (nSPS) is 29.8. The lowest BCUT2D eigenvalue weighted by molar-refractivity contribution is -0.129. The molecule has 1 aliphatic heterocycles. The van der Waals surface area contributed by atoms with Crippen molar-refractivity contribution in [3.8, 4) is 0 Å². The Morgan fingerprint density at radius 1 is 1.21 bits per heavy atom. The number of benzene rings is 1. The van der Waals surface area contributed by atoms with Crippen molar-refractivity contribution in [2.24, 2.45) is 11.8 Å². The smallest absolute Gasteiger partial charge is 0.225 e. The Kier molecular flexibility index (Phi) is 4.31. The number of nitrogens with one attached hydrogen (secondary N) is 2.